The van der Waals surface area contributed by atoms with Gasteiger partial charge in [0.25, 0.3) is 0 Å². The van der Waals surface area contributed by atoms with Crippen molar-refractivity contribution in [3.63, 3.8) is 0 Å². The van der Waals surface area contributed by atoms with Gasteiger partial charge < -0.3 is 9.84 Å². The van der Waals surface area contributed by atoms with E-state index in [1.54, 1.807) is 0 Å². The van der Waals surface area contributed by atoms with Crippen molar-refractivity contribution in [1.29, 1.82) is 0 Å². The Morgan fingerprint density at radius 2 is 2.11 bits per heavy atom. The van der Waals surface area contributed by atoms with Crippen LogP contribution < -0.4 is 0 Å². The fourth-order valence-corrected chi connectivity index (χ4v) is 4.94. The molecule has 2 atom stereocenters. The van der Waals surface area contributed by atoms with E-state index in [1.165, 1.54) is 42.8 Å². The minimum atomic E-state index is -0.186. The average molecular weight is 268 g/mol. The van der Waals surface area contributed by atoms with Gasteiger partial charge in [0.05, 0.1) is 11.7 Å². The Hall–Kier alpha value is 0.01000. The molecule has 102 valence electrons. The molecule has 3 rings (SSSR count). The number of rotatable bonds is 1. The predicted octanol–water partition coefficient (Wildman–Crippen LogP) is 3.15. The van der Waals surface area contributed by atoms with Gasteiger partial charge in [-0.1, -0.05) is 11.6 Å². The summed E-state index contributed by atoms with van der Waals surface area (Å²) in [5.41, 5.74) is 1.70. The normalized spacial score (nSPS) is 36.4. The lowest BCUT2D eigenvalue weighted by molar-refractivity contribution is -0.0971. The SMILES string of the molecule is OC1C=C(C2CCOC3(CCSCC3)C2)CCC1. The Morgan fingerprint density at radius 1 is 1.28 bits per heavy atom. The molecular formula is C15H24O2S. The molecule has 2 fully saturated rings. The van der Waals surface area contributed by atoms with Crippen molar-refractivity contribution in [1.82, 2.24) is 0 Å². The van der Waals surface area contributed by atoms with Crippen LogP contribution in [0.15, 0.2) is 11.6 Å². The van der Waals surface area contributed by atoms with Crippen LogP contribution in [0.5, 0.6) is 0 Å². The number of aliphatic hydroxyl groups excluding tert-OH is 1. The van der Waals surface area contributed by atoms with Gasteiger partial charge in [0, 0.05) is 6.61 Å². The summed E-state index contributed by atoms with van der Waals surface area (Å²) in [5.74, 6) is 3.19. The summed E-state index contributed by atoms with van der Waals surface area (Å²) in [6, 6.07) is 0. The predicted molar refractivity (Wildman–Crippen MR) is 75.9 cm³/mol. The molecule has 1 N–H and O–H groups in total. The Bertz CT molecular complexity index is 315. The van der Waals surface area contributed by atoms with Gasteiger partial charge in [-0.2, -0.15) is 11.8 Å². The zero-order valence-corrected chi connectivity index (χ0v) is 11.9. The molecule has 0 bridgehead atoms. The first-order chi connectivity index (χ1) is 8.77. The molecule has 1 aliphatic carbocycles. The Morgan fingerprint density at radius 3 is 2.89 bits per heavy atom. The lowest BCUT2D eigenvalue weighted by atomic mass is 9.76. The number of allylic oxidation sites excluding steroid dienone is 1. The van der Waals surface area contributed by atoms with E-state index in [-0.39, 0.29) is 11.7 Å². The third kappa shape index (κ3) is 2.78. The second-order valence-electron chi connectivity index (χ2n) is 6.03. The second kappa shape index (κ2) is 5.56. The Balaban J connectivity index is 1.69. The van der Waals surface area contributed by atoms with Crippen LogP contribution in [0.3, 0.4) is 0 Å². The lowest BCUT2D eigenvalue weighted by Crippen LogP contribution is -2.43. The van der Waals surface area contributed by atoms with Crippen LogP contribution in [-0.4, -0.2) is 34.9 Å². The number of aliphatic hydroxyl groups is 1. The van der Waals surface area contributed by atoms with Crippen molar-refractivity contribution >= 4 is 11.8 Å². The van der Waals surface area contributed by atoms with Crippen molar-refractivity contribution in [2.45, 2.75) is 56.7 Å². The summed E-state index contributed by atoms with van der Waals surface area (Å²) in [7, 11) is 0. The monoisotopic (exact) mass is 268 g/mol. The van der Waals surface area contributed by atoms with Crippen molar-refractivity contribution in [3.8, 4) is 0 Å². The Kier molecular flexibility index (Phi) is 4.02. The van der Waals surface area contributed by atoms with E-state index in [9.17, 15) is 5.11 Å². The van der Waals surface area contributed by atoms with E-state index in [2.05, 4.69) is 17.8 Å². The summed E-state index contributed by atoms with van der Waals surface area (Å²) in [6.07, 6.45) is 10.1. The Labute approximate surface area is 114 Å². The molecular weight excluding hydrogens is 244 g/mol. The first-order valence-corrected chi connectivity index (χ1v) is 8.53. The quantitative estimate of drug-likeness (QED) is 0.741. The molecule has 1 spiro atoms. The van der Waals surface area contributed by atoms with Crippen molar-refractivity contribution in [2.75, 3.05) is 18.1 Å². The molecule has 2 saturated heterocycles. The van der Waals surface area contributed by atoms with E-state index >= 15 is 0 Å². The summed E-state index contributed by atoms with van der Waals surface area (Å²) >= 11 is 2.07. The molecule has 3 heteroatoms. The van der Waals surface area contributed by atoms with Gasteiger partial charge in [0.2, 0.25) is 0 Å². The molecule has 2 heterocycles. The maximum absolute atomic E-state index is 9.80. The van der Waals surface area contributed by atoms with Crippen LogP contribution in [0.4, 0.5) is 0 Å². The van der Waals surface area contributed by atoms with Gasteiger partial charge in [-0.3, -0.25) is 0 Å². The molecule has 0 aromatic carbocycles. The molecule has 0 aromatic rings. The van der Waals surface area contributed by atoms with E-state index in [4.69, 9.17) is 4.74 Å². The smallest absolute Gasteiger partial charge is 0.0723 e. The molecule has 2 aliphatic heterocycles. The highest BCUT2D eigenvalue weighted by molar-refractivity contribution is 7.99. The van der Waals surface area contributed by atoms with Gasteiger partial charge in [-0.15, -0.1) is 0 Å². The first kappa shape index (κ1) is 13.0. The molecule has 18 heavy (non-hydrogen) atoms. The summed E-state index contributed by atoms with van der Waals surface area (Å²) in [5, 5.41) is 9.80. The van der Waals surface area contributed by atoms with Crippen LogP contribution in [0, 0.1) is 5.92 Å². The van der Waals surface area contributed by atoms with E-state index in [1.807, 2.05) is 0 Å². The van der Waals surface area contributed by atoms with E-state index in [0.29, 0.717) is 5.92 Å². The molecule has 0 radical (unpaired) electrons. The molecule has 0 amide bonds. The molecule has 0 saturated carbocycles. The van der Waals surface area contributed by atoms with Gasteiger partial charge in [-0.05, 0) is 62.4 Å². The minimum absolute atomic E-state index is 0.178. The molecule has 3 aliphatic rings. The molecule has 2 nitrogen and oxygen atoms in total. The van der Waals surface area contributed by atoms with Crippen LogP contribution in [0.25, 0.3) is 0 Å². The van der Waals surface area contributed by atoms with E-state index < -0.39 is 0 Å². The van der Waals surface area contributed by atoms with Crippen molar-refractivity contribution < 1.29 is 9.84 Å². The largest absolute Gasteiger partial charge is 0.389 e. The standard InChI is InChI=1S/C15H24O2S/c16-14-3-1-2-12(10-14)13-4-7-17-15(11-13)5-8-18-9-6-15/h10,13-14,16H,1-9,11H2. The summed E-state index contributed by atoms with van der Waals surface area (Å²) in [4.78, 5) is 0. The van der Waals surface area contributed by atoms with Gasteiger partial charge >= 0.3 is 0 Å². The zero-order chi connectivity index (χ0) is 12.4. The zero-order valence-electron chi connectivity index (χ0n) is 11.1. The topological polar surface area (TPSA) is 29.5 Å². The van der Waals surface area contributed by atoms with Crippen molar-refractivity contribution in [3.05, 3.63) is 11.6 Å². The number of ether oxygens (including phenoxy) is 1. The van der Waals surface area contributed by atoms with Crippen LogP contribution in [0.1, 0.15) is 44.9 Å². The average Bonchev–Trinajstić information content (AvgIpc) is 2.40. The maximum Gasteiger partial charge on any atom is 0.0723 e. The van der Waals surface area contributed by atoms with Crippen LogP contribution in [-0.2, 0) is 4.74 Å². The summed E-state index contributed by atoms with van der Waals surface area (Å²) < 4.78 is 6.15. The van der Waals surface area contributed by atoms with Crippen LogP contribution in [0.2, 0.25) is 0 Å². The number of thioether (sulfide) groups is 1. The highest BCUT2D eigenvalue weighted by atomic mass is 32.2. The second-order valence-corrected chi connectivity index (χ2v) is 7.26. The van der Waals surface area contributed by atoms with Crippen molar-refractivity contribution in [2.24, 2.45) is 5.92 Å². The van der Waals surface area contributed by atoms with Gasteiger partial charge in [-0.25, -0.2) is 0 Å². The fraction of sp³-hybridized carbons (Fsp3) is 0.867. The lowest BCUT2D eigenvalue weighted by Gasteiger charge is -2.44. The molecule has 0 aromatic heterocycles. The first-order valence-electron chi connectivity index (χ1n) is 7.38. The van der Waals surface area contributed by atoms with Gasteiger partial charge in [0.1, 0.15) is 0 Å². The van der Waals surface area contributed by atoms with E-state index in [0.717, 1.165) is 25.9 Å². The number of hydrogen-bond donors (Lipinski definition) is 1. The highest BCUT2D eigenvalue weighted by Crippen LogP contribution is 2.43. The highest BCUT2D eigenvalue weighted by Gasteiger charge is 2.39. The van der Waals surface area contributed by atoms with Gasteiger partial charge in [0.15, 0.2) is 0 Å². The number of hydrogen-bond acceptors (Lipinski definition) is 3. The fourth-order valence-electron chi connectivity index (χ4n) is 3.71. The maximum atomic E-state index is 9.80. The third-order valence-corrected chi connectivity index (χ3v) is 5.78. The summed E-state index contributed by atoms with van der Waals surface area (Å²) in [6.45, 7) is 0.919. The minimum Gasteiger partial charge on any atom is -0.389 e. The molecule has 2 unspecified atom stereocenters. The van der Waals surface area contributed by atoms with Crippen LogP contribution >= 0.6 is 11.8 Å². The third-order valence-electron chi connectivity index (χ3n) is 4.79.